The fourth-order valence-corrected chi connectivity index (χ4v) is 2.38. The number of benzene rings is 1. The van der Waals surface area contributed by atoms with Crippen LogP contribution in [0.5, 0.6) is 0 Å². The Morgan fingerprint density at radius 1 is 1.33 bits per heavy atom. The number of hydrogen-bond acceptors (Lipinski definition) is 2. The lowest BCUT2D eigenvalue weighted by molar-refractivity contribution is 0.0920. The molecule has 0 radical (unpaired) electrons. The largest absolute Gasteiger partial charge is 0.348 e. The van der Waals surface area contributed by atoms with Crippen molar-refractivity contribution in [1.82, 2.24) is 10.6 Å². The Bertz CT molecular complexity index is 442. The molecule has 1 heterocycles. The lowest BCUT2D eigenvalue weighted by atomic mass is 9.99. The monoisotopic (exact) mass is 246 g/mol. The van der Waals surface area contributed by atoms with E-state index in [1.54, 1.807) is 0 Å². The van der Waals surface area contributed by atoms with Crippen molar-refractivity contribution in [1.29, 1.82) is 0 Å². The number of carbonyl (C=O) groups excluding carboxylic acids is 1. The molecule has 2 atom stereocenters. The molecule has 3 nitrogen and oxygen atoms in total. The van der Waals surface area contributed by atoms with Crippen LogP contribution in [0.2, 0.25) is 0 Å². The maximum Gasteiger partial charge on any atom is 0.251 e. The minimum atomic E-state index is 0.0404. The Morgan fingerprint density at radius 3 is 2.78 bits per heavy atom. The van der Waals surface area contributed by atoms with E-state index < -0.39 is 0 Å². The fraction of sp³-hybridized carbons (Fsp3) is 0.533. The summed E-state index contributed by atoms with van der Waals surface area (Å²) in [5, 5.41) is 6.52. The van der Waals surface area contributed by atoms with Crippen molar-refractivity contribution in [2.45, 2.75) is 45.7 Å². The van der Waals surface area contributed by atoms with Crippen molar-refractivity contribution >= 4 is 5.91 Å². The summed E-state index contributed by atoms with van der Waals surface area (Å²) >= 11 is 0. The second-order valence-electron chi connectivity index (χ2n) is 5.26. The van der Waals surface area contributed by atoms with Crippen LogP contribution in [0.25, 0.3) is 0 Å². The second kappa shape index (κ2) is 5.53. The quantitative estimate of drug-likeness (QED) is 0.839. The van der Waals surface area contributed by atoms with Gasteiger partial charge in [-0.1, -0.05) is 6.07 Å². The van der Waals surface area contributed by atoms with Gasteiger partial charge in [-0.2, -0.15) is 0 Å². The van der Waals surface area contributed by atoms with E-state index in [0.29, 0.717) is 6.04 Å². The molecule has 0 unspecified atom stereocenters. The Balaban J connectivity index is 2.04. The molecule has 2 N–H and O–H groups in total. The van der Waals surface area contributed by atoms with E-state index in [1.807, 2.05) is 25.1 Å². The van der Waals surface area contributed by atoms with E-state index in [1.165, 1.54) is 5.56 Å². The molecule has 0 aromatic heterocycles. The van der Waals surface area contributed by atoms with E-state index in [0.717, 1.165) is 30.5 Å². The number of aryl methyl sites for hydroxylation is 2. The Morgan fingerprint density at radius 2 is 2.11 bits per heavy atom. The first-order valence-electron chi connectivity index (χ1n) is 6.69. The molecule has 0 aliphatic carbocycles. The van der Waals surface area contributed by atoms with Gasteiger partial charge >= 0.3 is 0 Å². The van der Waals surface area contributed by atoms with Crippen molar-refractivity contribution < 1.29 is 4.79 Å². The van der Waals surface area contributed by atoms with Gasteiger partial charge in [-0.15, -0.1) is 0 Å². The maximum absolute atomic E-state index is 12.2. The number of nitrogens with one attached hydrogen (secondary N) is 2. The summed E-state index contributed by atoms with van der Waals surface area (Å²) in [5.41, 5.74) is 3.15. The van der Waals surface area contributed by atoms with Gasteiger partial charge < -0.3 is 10.6 Å². The summed E-state index contributed by atoms with van der Waals surface area (Å²) in [5.74, 6) is 0.0404. The molecule has 98 valence electrons. The molecular formula is C15H22N2O. The van der Waals surface area contributed by atoms with Crippen LogP contribution in [0.4, 0.5) is 0 Å². The molecule has 1 aromatic rings. The summed E-state index contributed by atoms with van der Waals surface area (Å²) in [4.78, 5) is 12.2. The Labute approximate surface area is 109 Å². The lowest BCUT2D eigenvalue weighted by Crippen LogP contribution is -2.51. The Hall–Kier alpha value is -1.35. The van der Waals surface area contributed by atoms with Crippen LogP contribution in [0, 0.1) is 13.8 Å². The van der Waals surface area contributed by atoms with Gasteiger partial charge in [0.2, 0.25) is 0 Å². The summed E-state index contributed by atoms with van der Waals surface area (Å²) in [6.07, 6.45) is 2.19. The number of hydrogen-bond donors (Lipinski definition) is 2. The first kappa shape index (κ1) is 13.1. The predicted octanol–water partition coefficient (Wildman–Crippen LogP) is 2.17. The highest BCUT2D eigenvalue weighted by Gasteiger charge is 2.22. The first-order valence-corrected chi connectivity index (χ1v) is 6.69. The van der Waals surface area contributed by atoms with Gasteiger partial charge in [0.1, 0.15) is 0 Å². The fourth-order valence-electron chi connectivity index (χ4n) is 2.38. The summed E-state index contributed by atoms with van der Waals surface area (Å²) in [7, 11) is 0. The van der Waals surface area contributed by atoms with E-state index in [4.69, 9.17) is 0 Å². The molecule has 18 heavy (non-hydrogen) atoms. The van der Waals surface area contributed by atoms with Gasteiger partial charge in [0.05, 0.1) is 0 Å². The molecule has 0 bridgehead atoms. The third-order valence-electron chi connectivity index (χ3n) is 3.85. The van der Waals surface area contributed by atoms with Crippen molar-refractivity contribution in [3.63, 3.8) is 0 Å². The normalized spacial score (nSPS) is 23.7. The minimum absolute atomic E-state index is 0.0404. The number of carbonyl (C=O) groups is 1. The first-order chi connectivity index (χ1) is 8.58. The van der Waals surface area contributed by atoms with Gasteiger partial charge in [0.25, 0.3) is 5.91 Å². The summed E-state index contributed by atoms with van der Waals surface area (Å²) in [6, 6.07) is 6.47. The summed E-state index contributed by atoms with van der Waals surface area (Å²) in [6.45, 7) is 7.28. The molecule has 0 spiro atoms. The van der Waals surface area contributed by atoms with Crippen LogP contribution in [-0.2, 0) is 0 Å². The van der Waals surface area contributed by atoms with Gasteiger partial charge in [0.15, 0.2) is 0 Å². The zero-order chi connectivity index (χ0) is 13.1. The Kier molecular flexibility index (Phi) is 4.02. The highest BCUT2D eigenvalue weighted by Crippen LogP contribution is 2.12. The average Bonchev–Trinajstić information content (AvgIpc) is 2.35. The molecule has 1 fully saturated rings. The highest BCUT2D eigenvalue weighted by atomic mass is 16.1. The zero-order valence-corrected chi connectivity index (χ0v) is 11.4. The van der Waals surface area contributed by atoms with Crippen LogP contribution in [0.3, 0.4) is 0 Å². The van der Waals surface area contributed by atoms with Crippen LogP contribution < -0.4 is 10.6 Å². The van der Waals surface area contributed by atoms with E-state index in [2.05, 4.69) is 24.5 Å². The third kappa shape index (κ3) is 2.91. The van der Waals surface area contributed by atoms with Crippen LogP contribution >= 0.6 is 0 Å². The average molecular weight is 246 g/mol. The van der Waals surface area contributed by atoms with Crippen molar-refractivity contribution in [2.24, 2.45) is 0 Å². The molecule has 1 amide bonds. The minimum Gasteiger partial charge on any atom is -0.348 e. The molecule has 2 rings (SSSR count). The van der Waals surface area contributed by atoms with Gasteiger partial charge in [-0.3, -0.25) is 4.79 Å². The molecule has 1 saturated heterocycles. The second-order valence-corrected chi connectivity index (χ2v) is 5.26. The summed E-state index contributed by atoms with van der Waals surface area (Å²) < 4.78 is 0. The maximum atomic E-state index is 12.2. The highest BCUT2D eigenvalue weighted by molar-refractivity contribution is 5.94. The molecule has 3 heteroatoms. The van der Waals surface area contributed by atoms with Gasteiger partial charge in [-0.25, -0.2) is 0 Å². The zero-order valence-electron chi connectivity index (χ0n) is 11.4. The molecule has 0 saturated carbocycles. The standard InChI is InChI=1S/C15H22N2O/c1-10-6-7-13(9-11(10)2)15(18)17-14-5-4-8-16-12(14)3/h6-7,9,12,14,16H,4-5,8H2,1-3H3,(H,17,18)/t12-,14+/m1/s1. The van der Waals surface area contributed by atoms with Gasteiger partial charge in [-0.05, 0) is 63.4 Å². The van der Waals surface area contributed by atoms with Crippen molar-refractivity contribution in [3.8, 4) is 0 Å². The van der Waals surface area contributed by atoms with E-state index >= 15 is 0 Å². The molecular weight excluding hydrogens is 224 g/mol. The van der Waals surface area contributed by atoms with Crippen molar-refractivity contribution in [3.05, 3.63) is 34.9 Å². The number of rotatable bonds is 2. The van der Waals surface area contributed by atoms with E-state index in [9.17, 15) is 4.79 Å². The van der Waals surface area contributed by atoms with Crippen LogP contribution in [0.1, 0.15) is 41.3 Å². The molecule has 1 aliphatic rings. The topological polar surface area (TPSA) is 41.1 Å². The third-order valence-corrected chi connectivity index (χ3v) is 3.85. The van der Waals surface area contributed by atoms with Gasteiger partial charge in [0, 0.05) is 17.6 Å². The number of amides is 1. The smallest absolute Gasteiger partial charge is 0.251 e. The molecule has 1 aromatic carbocycles. The van der Waals surface area contributed by atoms with Crippen LogP contribution in [0.15, 0.2) is 18.2 Å². The van der Waals surface area contributed by atoms with Crippen LogP contribution in [-0.4, -0.2) is 24.5 Å². The van der Waals surface area contributed by atoms with E-state index in [-0.39, 0.29) is 11.9 Å². The SMILES string of the molecule is Cc1ccc(C(=O)N[C@H]2CCCN[C@@H]2C)cc1C. The number of piperidine rings is 1. The molecule has 1 aliphatic heterocycles. The predicted molar refractivity (Wildman–Crippen MR) is 73.9 cm³/mol. The lowest BCUT2D eigenvalue weighted by Gasteiger charge is -2.30. The van der Waals surface area contributed by atoms with Crippen molar-refractivity contribution in [2.75, 3.05) is 6.54 Å².